The molecule has 4 aromatic rings. The van der Waals surface area contributed by atoms with Crippen LogP contribution in [0.1, 0.15) is 21.5 Å². The lowest BCUT2D eigenvalue weighted by atomic mass is 10.1. The van der Waals surface area contributed by atoms with Crippen molar-refractivity contribution in [3.63, 3.8) is 0 Å². The fourth-order valence-electron chi connectivity index (χ4n) is 3.25. The number of aryl methyl sites for hydroxylation is 1. The van der Waals surface area contributed by atoms with E-state index in [1.165, 1.54) is 0 Å². The SMILES string of the molecule is COc1ccc2cc(CNC(=O)c3cc(C)ccc3-n3ccnc3)ccc2c1. The molecular weight excluding hydrogens is 350 g/mol. The van der Waals surface area contributed by atoms with Crippen LogP contribution >= 0.6 is 0 Å². The van der Waals surface area contributed by atoms with Gasteiger partial charge in [-0.2, -0.15) is 0 Å². The van der Waals surface area contributed by atoms with Gasteiger partial charge in [-0.15, -0.1) is 0 Å². The largest absolute Gasteiger partial charge is 0.497 e. The number of benzene rings is 3. The predicted octanol–water partition coefficient (Wildman–Crippen LogP) is 4.27. The minimum absolute atomic E-state index is 0.109. The van der Waals surface area contributed by atoms with Gasteiger partial charge in [-0.3, -0.25) is 4.79 Å². The van der Waals surface area contributed by atoms with Crippen molar-refractivity contribution in [3.8, 4) is 11.4 Å². The van der Waals surface area contributed by atoms with Gasteiger partial charge in [0.1, 0.15) is 5.75 Å². The van der Waals surface area contributed by atoms with E-state index in [2.05, 4.69) is 16.4 Å². The molecule has 0 atom stereocenters. The number of hydrogen-bond donors (Lipinski definition) is 1. The van der Waals surface area contributed by atoms with Crippen LogP contribution in [0.5, 0.6) is 5.75 Å². The fraction of sp³-hybridized carbons (Fsp3) is 0.130. The Morgan fingerprint density at radius 1 is 1.07 bits per heavy atom. The van der Waals surface area contributed by atoms with Crippen LogP contribution in [0.25, 0.3) is 16.5 Å². The molecule has 5 nitrogen and oxygen atoms in total. The first-order valence-corrected chi connectivity index (χ1v) is 9.08. The zero-order valence-corrected chi connectivity index (χ0v) is 15.8. The summed E-state index contributed by atoms with van der Waals surface area (Å²) in [6, 6.07) is 17.9. The minimum atomic E-state index is -0.109. The van der Waals surface area contributed by atoms with Crippen LogP contribution in [0.2, 0.25) is 0 Å². The second-order valence-corrected chi connectivity index (χ2v) is 6.72. The number of nitrogens with one attached hydrogen (secondary N) is 1. The quantitative estimate of drug-likeness (QED) is 0.570. The normalized spacial score (nSPS) is 10.8. The highest BCUT2D eigenvalue weighted by molar-refractivity contribution is 5.98. The summed E-state index contributed by atoms with van der Waals surface area (Å²) in [4.78, 5) is 17.0. The van der Waals surface area contributed by atoms with Gasteiger partial charge >= 0.3 is 0 Å². The van der Waals surface area contributed by atoms with E-state index in [4.69, 9.17) is 4.74 Å². The third kappa shape index (κ3) is 3.60. The number of hydrogen-bond acceptors (Lipinski definition) is 3. The summed E-state index contributed by atoms with van der Waals surface area (Å²) < 4.78 is 7.11. The van der Waals surface area contributed by atoms with Gasteiger partial charge in [0.25, 0.3) is 5.91 Å². The molecule has 4 rings (SSSR count). The third-order valence-corrected chi connectivity index (χ3v) is 4.74. The molecule has 0 aliphatic heterocycles. The summed E-state index contributed by atoms with van der Waals surface area (Å²) in [6.07, 6.45) is 5.23. The Kier molecular flexibility index (Phi) is 4.81. The molecule has 1 heterocycles. The van der Waals surface area contributed by atoms with E-state index < -0.39 is 0 Å². The molecule has 0 aliphatic carbocycles. The van der Waals surface area contributed by atoms with Crippen LogP contribution in [-0.4, -0.2) is 22.6 Å². The summed E-state index contributed by atoms with van der Waals surface area (Å²) in [5.74, 6) is 0.724. The van der Waals surface area contributed by atoms with E-state index in [1.54, 1.807) is 19.6 Å². The zero-order chi connectivity index (χ0) is 19.5. The minimum Gasteiger partial charge on any atom is -0.497 e. The van der Waals surface area contributed by atoms with Gasteiger partial charge in [-0.05, 0) is 53.6 Å². The lowest BCUT2D eigenvalue weighted by Crippen LogP contribution is -2.24. The molecule has 28 heavy (non-hydrogen) atoms. The average Bonchev–Trinajstić information content (AvgIpc) is 3.26. The van der Waals surface area contributed by atoms with Crippen molar-refractivity contribution in [2.24, 2.45) is 0 Å². The molecule has 1 aromatic heterocycles. The van der Waals surface area contributed by atoms with Crippen LogP contribution < -0.4 is 10.1 Å². The Balaban J connectivity index is 1.55. The number of imidazole rings is 1. The summed E-state index contributed by atoms with van der Waals surface area (Å²) in [5, 5.41) is 5.25. The van der Waals surface area contributed by atoms with Crippen LogP contribution in [0.15, 0.2) is 73.3 Å². The molecule has 0 bridgehead atoms. The first kappa shape index (κ1) is 17.8. The fourth-order valence-corrected chi connectivity index (χ4v) is 3.25. The highest BCUT2D eigenvalue weighted by Gasteiger charge is 2.13. The van der Waals surface area contributed by atoms with Crippen molar-refractivity contribution in [2.75, 3.05) is 7.11 Å². The first-order valence-electron chi connectivity index (χ1n) is 9.08. The van der Waals surface area contributed by atoms with E-state index in [1.807, 2.05) is 66.2 Å². The Morgan fingerprint density at radius 3 is 2.68 bits per heavy atom. The van der Waals surface area contributed by atoms with E-state index >= 15 is 0 Å². The lowest BCUT2D eigenvalue weighted by molar-refractivity contribution is 0.0951. The van der Waals surface area contributed by atoms with Gasteiger partial charge in [-0.25, -0.2) is 4.98 Å². The number of nitrogens with zero attached hydrogens (tertiary/aromatic N) is 2. The van der Waals surface area contributed by atoms with Crippen LogP contribution in [0.4, 0.5) is 0 Å². The molecule has 0 saturated heterocycles. The second-order valence-electron chi connectivity index (χ2n) is 6.72. The Hall–Kier alpha value is -3.60. The molecule has 0 radical (unpaired) electrons. The van der Waals surface area contributed by atoms with E-state index in [-0.39, 0.29) is 5.91 Å². The summed E-state index contributed by atoms with van der Waals surface area (Å²) in [6.45, 7) is 2.43. The molecule has 0 spiro atoms. The number of ether oxygens (including phenoxy) is 1. The van der Waals surface area contributed by atoms with Gasteiger partial charge in [0, 0.05) is 18.9 Å². The summed E-state index contributed by atoms with van der Waals surface area (Å²) in [7, 11) is 1.66. The van der Waals surface area contributed by atoms with Crippen molar-refractivity contribution >= 4 is 16.7 Å². The summed E-state index contributed by atoms with van der Waals surface area (Å²) >= 11 is 0. The van der Waals surface area contributed by atoms with Crippen LogP contribution in [-0.2, 0) is 6.54 Å². The smallest absolute Gasteiger partial charge is 0.253 e. The topological polar surface area (TPSA) is 56.1 Å². The van der Waals surface area contributed by atoms with E-state index in [9.17, 15) is 4.79 Å². The molecule has 0 aliphatic rings. The maximum atomic E-state index is 12.9. The van der Waals surface area contributed by atoms with E-state index in [0.717, 1.165) is 33.3 Å². The molecule has 0 fully saturated rings. The van der Waals surface area contributed by atoms with Crippen molar-refractivity contribution in [2.45, 2.75) is 13.5 Å². The molecular formula is C23H21N3O2. The molecule has 3 aromatic carbocycles. The predicted molar refractivity (Wildman–Crippen MR) is 110 cm³/mol. The highest BCUT2D eigenvalue weighted by atomic mass is 16.5. The van der Waals surface area contributed by atoms with Gasteiger partial charge in [0.2, 0.25) is 0 Å². The van der Waals surface area contributed by atoms with Crippen LogP contribution in [0, 0.1) is 6.92 Å². The monoisotopic (exact) mass is 371 g/mol. The van der Waals surface area contributed by atoms with Crippen LogP contribution in [0.3, 0.4) is 0 Å². The number of carbonyl (C=O) groups is 1. The maximum absolute atomic E-state index is 12.9. The summed E-state index contributed by atoms with van der Waals surface area (Å²) in [5.41, 5.74) is 3.52. The lowest BCUT2D eigenvalue weighted by Gasteiger charge is -2.12. The van der Waals surface area contributed by atoms with Crippen molar-refractivity contribution in [1.82, 2.24) is 14.9 Å². The Bertz CT molecular complexity index is 1130. The van der Waals surface area contributed by atoms with Gasteiger partial charge in [0.15, 0.2) is 0 Å². The zero-order valence-electron chi connectivity index (χ0n) is 15.8. The number of fused-ring (bicyclic) bond motifs is 1. The number of rotatable bonds is 5. The van der Waals surface area contributed by atoms with Crippen molar-refractivity contribution in [1.29, 1.82) is 0 Å². The molecule has 0 unspecified atom stereocenters. The average molecular weight is 371 g/mol. The molecule has 5 heteroatoms. The number of carbonyl (C=O) groups excluding carboxylic acids is 1. The van der Waals surface area contributed by atoms with Gasteiger partial charge < -0.3 is 14.6 Å². The van der Waals surface area contributed by atoms with E-state index in [0.29, 0.717) is 12.1 Å². The molecule has 1 N–H and O–H groups in total. The number of methoxy groups -OCH3 is 1. The van der Waals surface area contributed by atoms with Gasteiger partial charge in [0.05, 0.1) is 24.7 Å². The third-order valence-electron chi connectivity index (χ3n) is 4.74. The maximum Gasteiger partial charge on any atom is 0.253 e. The Morgan fingerprint density at radius 2 is 1.89 bits per heavy atom. The molecule has 1 amide bonds. The van der Waals surface area contributed by atoms with Crippen molar-refractivity contribution < 1.29 is 9.53 Å². The standard InChI is InChI=1S/C23H21N3O2/c1-16-3-8-22(26-10-9-24-15-26)21(11-16)23(27)25-14-17-4-5-19-13-20(28-2)7-6-18(19)12-17/h3-13,15H,14H2,1-2H3,(H,25,27). The van der Waals surface area contributed by atoms with Gasteiger partial charge in [-0.1, -0.05) is 29.8 Å². The second kappa shape index (κ2) is 7.56. The first-order chi connectivity index (χ1) is 13.6. The van der Waals surface area contributed by atoms with Crippen molar-refractivity contribution in [3.05, 3.63) is 90.0 Å². The molecule has 0 saturated carbocycles. The highest BCUT2D eigenvalue weighted by Crippen LogP contribution is 2.22. The number of aromatic nitrogens is 2. The number of amides is 1. The Labute approximate surface area is 163 Å². The molecule has 140 valence electrons.